The van der Waals surface area contributed by atoms with Gasteiger partial charge in [0.2, 0.25) is 5.91 Å². The number of aliphatic carboxylic acids is 1. The number of hydrogen-bond acceptors (Lipinski definition) is 3. The van der Waals surface area contributed by atoms with E-state index >= 15 is 0 Å². The van der Waals surface area contributed by atoms with Gasteiger partial charge in [-0.05, 0) is 31.4 Å². The Kier molecular flexibility index (Phi) is 3.68. The zero-order valence-electron chi connectivity index (χ0n) is 12.0. The maximum atomic E-state index is 12.8. The third-order valence-corrected chi connectivity index (χ3v) is 4.37. The Balaban J connectivity index is 1.86. The molecule has 5 heteroatoms. The lowest BCUT2D eigenvalue weighted by Crippen LogP contribution is -2.40. The average molecular weight is 289 g/mol. The Labute approximate surface area is 123 Å². The Morgan fingerprint density at radius 3 is 2.81 bits per heavy atom. The zero-order chi connectivity index (χ0) is 15.0. The fourth-order valence-corrected chi connectivity index (χ4v) is 3.27. The minimum atomic E-state index is -0.877. The summed E-state index contributed by atoms with van der Waals surface area (Å²) in [6.45, 7) is 2.80. The van der Waals surface area contributed by atoms with Crippen molar-refractivity contribution in [1.29, 1.82) is 0 Å². The number of carboxylic acids is 1. The number of ether oxygens (including phenoxy) is 1. The second-order valence-corrected chi connectivity index (χ2v) is 5.80. The SMILES string of the molecule is CC1CC(C(=O)N2CC(C(=O)O)c3ccccc32)CCO1. The van der Waals surface area contributed by atoms with Gasteiger partial charge in [0.15, 0.2) is 0 Å². The Hall–Kier alpha value is -1.88. The standard InChI is InChI=1S/C16H19NO4/c1-10-8-11(6-7-21-10)15(18)17-9-13(16(19)20)12-4-2-3-5-14(12)17/h2-5,10-11,13H,6-9H2,1H3,(H,19,20). The van der Waals surface area contributed by atoms with Gasteiger partial charge in [-0.3, -0.25) is 9.59 Å². The van der Waals surface area contributed by atoms with Gasteiger partial charge >= 0.3 is 5.97 Å². The van der Waals surface area contributed by atoms with Crippen molar-refractivity contribution in [3.63, 3.8) is 0 Å². The van der Waals surface area contributed by atoms with E-state index < -0.39 is 11.9 Å². The lowest BCUT2D eigenvalue weighted by Gasteiger charge is -2.30. The first kappa shape index (κ1) is 14.1. The summed E-state index contributed by atoms with van der Waals surface area (Å²) in [5.74, 6) is -1.55. The Morgan fingerprint density at radius 2 is 2.10 bits per heavy atom. The van der Waals surface area contributed by atoms with Crippen molar-refractivity contribution in [2.75, 3.05) is 18.1 Å². The number of carbonyl (C=O) groups is 2. The van der Waals surface area contributed by atoms with Crippen molar-refractivity contribution in [2.45, 2.75) is 31.8 Å². The summed E-state index contributed by atoms with van der Waals surface area (Å²) in [7, 11) is 0. The molecule has 0 bridgehead atoms. The van der Waals surface area contributed by atoms with E-state index in [1.807, 2.05) is 25.1 Å². The summed E-state index contributed by atoms with van der Waals surface area (Å²) >= 11 is 0. The van der Waals surface area contributed by atoms with Crippen LogP contribution >= 0.6 is 0 Å². The van der Waals surface area contributed by atoms with Gasteiger partial charge in [-0.1, -0.05) is 18.2 Å². The van der Waals surface area contributed by atoms with E-state index in [1.165, 1.54) is 0 Å². The number of nitrogens with zero attached hydrogens (tertiary/aromatic N) is 1. The minimum Gasteiger partial charge on any atom is -0.481 e. The van der Waals surface area contributed by atoms with Gasteiger partial charge in [-0.15, -0.1) is 0 Å². The molecule has 3 atom stereocenters. The molecule has 0 radical (unpaired) electrons. The van der Waals surface area contributed by atoms with Crippen LogP contribution in [-0.4, -0.2) is 36.2 Å². The van der Waals surface area contributed by atoms with E-state index in [1.54, 1.807) is 11.0 Å². The minimum absolute atomic E-state index is 0.0290. The molecular formula is C16H19NO4. The summed E-state index contributed by atoms with van der Waals surface area (Å²) in [5, 5.41) is 9.35. The first-order valence-corrected chi connectivity index (χ1v) is 7.32. The molecule has 21 heavy (non-hydrogen) atoms. The average Bonchev–Trinajstić information content (AvgIpc) is 2.86. The molecule has 2 heterocycles. The highest BCUT2D eigenvalue weighted by atomic mass is 16.5. The number of rotatable bonds is 2. The van der Waals surface area contributed by atoms with E-state index in [2.05, 4.69) is 0 Å². The first-order valence-electron chi connectivity index (χ1n) is 7.32. The molecule has 1 aromatic rings. The van der Waals surface area contributed by atoms with Crippen LogP contribution in [0, 0.1) is 5.92 Å². The van der Waals surface area contributed by atoms with Crippen LogP contribution < -0.4 is 4.90 Å². The molecule has 3 rings (SSSR count). The van der Waals surface area contributed by atoms with E-state index in [9.17, 15) is 14.7 Å². The van der Waals surface area contributed by atoms with Crippen molar-refractivity contribution in [1.82, 2.24) is 0 Å². The van der Waals surface area contributed by atoms with Crippen LogP contribution in [0.5, 0.6) is 0 Å². The summed E-state index contributed by atoms with van der Waals surface area (Å²) in [6.07, 6.45) is 1.50. The zero-order valence-corrected chi connectivity index (χ0v) is 12.0. The van der Waals surface area contributed by atoms with Crippen LogP contribution in [0.4, 0.5) is 5.69 Å². The van der Waals surface area contributed by atoms with Gasteiger partial charge in [0.05, 0.1) is 6.10 Å². The molecular weight excluding hydrogens is 270 g/mol. The van der Waals surface area contributed by atoms with E-state index in [4.69, 9.17) is 4.74 Å². The Morgan fingerprint density at radius 1 is 1.33 bits per heavy atom. The molecule has 5 nitrogen and oxygen atoms in total. The van der Waals surface area contributed by atoms with E-state index in [0.717, 1.165) is 11.3 Å². The molecule has 1 saturated heterocycles. The number of carbonyl (C=O) groups excluding carboxylic acids is 1. The van der Waals surface area contributed by atoms with Crippen molar-refractivity contribution in [3.8, 4) is 0 Å². The Bertz CT molecular complexity index is 571. The monoisotopic (exact) mass is 289 g/mol. The van der Waals surface area contributed by atoms with Gasteiger partial charge in [0.1, 0.15) is 5.92 Å². The molecule has 1 aromatic carbocycles. The van der Waals surface area contributed by atoms with Crippen LogP contribution in [0.2, 0.25) is 0 Å². The van der Waals surface area contributed by atoms with Gasteiger partial charge in [-0.25, -0.2) is 0 Å². The molecule has 3 unspecified atom stereocenters. The predicted molar refractivity (Wildman–Crippen MR) is 77.3 cm³/mol. The smallest absolute Gasteiger partial charge is 0.312 e. The predicted octanol–water partition coefficient (Wildman–Crippen LogP) is 2.02. The van der Waals surface area contributed by atoms with Gasteiger partial charge in [0.25, 0.3) is 0 Å². The van der Waals surface area contributed by atoms with Crippen LogP contribution in [0.1, 0.15) is 31.2 Å². The molecule has 2 aliphatic heterocycles. The van der Waals surface area contributed by atoms with E-state index in [-0.39, 0.29) is 24.5 Å². The molecule has 0 saturated carbocycles. The van der Waals surface area contributed by atoms with Crippen LogP contribution in [0.15, 0.2) is 24.3 Å². The van der Waals surface area contributed by atoms with Crippen LogP contribution in [-0.2, 0) is 14.3 Å². The van der Waals surface area contributed by atoms with Crippen molar-refractivity contribution in [2.24, 2.45) is 5.92 Å². The van der Waals surface area contributed by atoms with Gasteiger partial charge in [-0.2, -0.15) is 0 Å². The number of carboxylic acid groups (broad SMARTS) is 1. The molecule has 0 aromatic heterocycles. The number of para-hydroxylation sites is 1. The summed E-state index contributed by atoms with van der Waals surface area (Å²) in [5.41, 5.74) is 1.48. The van der Waals surface area contributed by atoms with Crippen molar-refractivity contribution in [3.05, 3.63) is 29.8 Å². The highest BCUT2D eigenvalue weighted by molar-refractivity contribution is 6.00. The third kappa shape index (κ3) is 2.53. The maximum Gasteiger partial charge on any atom is 0.312 e. The largest absolute Gasteiger partial charge is 0.481 e. The van der Waals surface area contributed by atoms with Crippen molar-refractivity contribution < 1.29 is 19.4 Å². The quantitative estimate of drug-likeness (QED) is 0.904. The molecule has 1 N–H and O–H groups in total. The molecule has 1 fully saturated rings. The fraction of sp³-hybridized carbons (Fsp3) is 0.500. The second-order valence-electron chi connectivity index (χ2n) is 5.80. The molecule has 2 aliphatic rings. The second kappa shape index (κ2) is 5.48. The first-order chi connectivity index (χ1) is 10.1. The number of anilines is 1. The number of hydrogen-bond donors (Lipinski definition) is 1. The van der Waals surface area contributed by atoms with Crippen molar-refractivity contribution >= 4 is 17.6 Å². The topological polar surface area (TPSA) is 66.8 Å². The molecule has 0 aliphatic carbocycles. The fourth-order valence-electron chi connectivity index (χ4n) is 3.27. The van der Waals surface area contributed by atoms with E-state index in [0.29, 0.717) is 19.4 Å². The lowest BCUT2D eigenvalue weighted by molar-refractivity contribution is -0.138. The molecule has 1 amide bonds. The number of amides is 1. The van der Waals surface area contributed by atoms with Gasteiger partial charge in [0, 0.05) is 24.8 Å². The maximum absolute atomic E-state index is 12.8. The normalized spacial score (nSPS) is 28.2. The van der Waals surface area contributed by atoms with Crippen LogP contribution in [0.25, 0.3) is 0 Å². The van der Waals surface area contributed by atoms with Crippen LogP contribution in [0.3, 0.4) is 0 Å². The summed E-state index contributed by atoms with van der Waals surface area (Å²) in [4.78, 5) is 25.8. The number of benzene rings is 1. The number of fused-ring (bicyclic) bond motifs is 1. The lowest BCUT2D eigenvalue weighted by atomic mass is 9.94. The highest BCUT2D eigenvalue weighted by Crippen LogP contribution is 2.38. The van der Waals surface area contributed by atoms with Gasteiger partial charge < -0.3 is 14.7 Å². The summed E-state index contributed by atoms with van der Waals surface area (Å²) < 4.78 is 5.48. The third-order valence-electron chi connectivity index (χ3n) is 4.37. The molecule has 0 spiro atoms. The highest BCUT2D eigenvalue weighted by Gasteiger charge is 2.39. The molecule has 112 valence electrons. The summed E-state index contributed by atoms with van der Waals surface area (Å²) in [6, 6.07) is 7.29.